The summed E-state index contributed by atoms with van der Waals surface area (Å²) in [6.07, 6.45) is -1.62. The van der Waals surface area contributed by atoms with E-state index in [1.165, 1.54) is 0 Å². The molecule has 0 bridgehead atoms. The standard InChI is InChI=1S/C13H15F2NO4/c1-8-11(12(18)16-6-13(14,15)7-17)20-10-5-3-2-4-9(10)19-8/h2-5,8,11,17H,6-7H2,1H3,(H,16,18). The summed E-state index contributed by atoms with van der Waals surface area (Å²) in [5.41, 5.74) is 0. The van der Waals surface area contributed by atoms with E-state index in [0.717, 1.165) is 0 Å². The number of alkyl halides is 2. The van der Waals surface area contributed by atoms with Crippen molar-refractivity contribution in [2.45, 2.75) is 25.1 Å². The second-order valence-corrected chi connectivity index (χ2v) is 4.54. The van der Waals surface area contributed by atoms with E-state index in [2.05, 4.69) is 5.32 Å². The molecule has 0 aliphatic carbocycles. The van der Waals surface area contributed by atoms with Gasteiger partial charge in [0.2, 0.25) is 6.10 Å². The Morgan fingerprint density at radius 3 is 2.55 bits per heavy atom. The number of rotatable bonds is 4. The summed E-state index contributed by atoms with van der Waals surface area (Å²) in [6, 6.07) is 6.80. The van der Waals surface area contributed by atoms with Crippen molar-refractivity contribution < 1.29 is 28.2 Å². The van der Waals surface area contributed by atoms with E-state index in [1.807, 2.05) is 0 Å². The number of fused-ring (bicyclic) bond motifs is 1. The average molecular weight is 287 g/mol. The second-order valence-electron chi connectivity index (χ2n) is 4.54. The lowest BCUT2D eigenvalue weighted by Crippen LogP contribution is -2.51. The van der Waals surface area contributed by atoms with Crippen LogP contribution in [0.15, 0.2) is 24.3 Å². The second kappa shape index (κ2) is 5.62. The number of amides is 1. The average Bonchev–Trinajstić information content (AvgIpc) is 2.44. The SMILES string of the molecule is CC1Oc2ccccc2OC1C(=O)NCC(F)(F)CO. The van der Waals surface area contributed by atoms with Crippen LogP contribution in [0.5, 0.6) is 11.5 Å². The molecule has 2 atom stereocenters. The van der Waals surface area contributed by atoms with Crippen molar-refractivity contribution in [3.05, 3.63) is 24.3 Å². The summed E-state index contributed by atoms with van der Waals surface area (Å²) in [6.45, 7) is -0.658. The summed E-state index contributed by atoms with van der Waals surface area (Å²) in [5.74, 6) is -3.17. The van der Waals surface area contributed by atoms with Gasteiger partial charge < -0.3 is 19.9 Å². The van der Waals surface area contributed by atoms with Gasteiger partial charge in [-0.3, -0.25) is 4.79 Å². The number of aliphatic hydroxyl groups excluding tert-OH is 1. The van der Waals surface area contributed by atoms with E-state index >= 15 is 0 Å². The van der Waals surface area contributed by atoms with E-state index in [4.69, 9.17) is 14.6 Å². The zero-order valence-corrected chi connectivity index (χ0v) is 10.8. The molecule has 2 rings (SSSR count). The zero-order valence-electron chi connectivity index (χ0n) is 10.8. The smallest absolute Gasteiger partial charge is 0.287 e. The Morgan fingerprint density at radius 2 is 1.95 bits per heavy atom. The molecular formula is C13H15F2NO4. The van der Waals surface area contributed by atoms with Gasteiger partial charge in [0, 0.05) is 0 Å². The molecule has 20 heavy (non-hydrogen) atoms. The minimum absolute atomic E-state index is 0.389. The number of carbonyl (C=O) groups is 1. The molecule has 0 fully saturated rings. The van der Waals surface area contributed by atoms with Crippen molar-refractivity contribution in [2.24, 2.45) is 0 Å². The number of nitrogens with one attached hydrogen (secondary N) is 1. The molecule has 110 valence electrons. The number of aliphatic hydroxyl groups is 1. The lowest BCUT2D eigenvalue weighted by atomic mass is 10.1. The summed E-state index contributed by atoms with van der Waals surface area (Å²) in [5, 5.41) is 10.5. The van der Waals surface area contributed by atoms with Crippen LogP contribution >= 0.6 is 0 Å². The Hall–Kier alpha value is -1.89. The molecule has 1 aliphatic heterocycles. The lowest BCUT2D eigenvalue weighted by molar-refractivity contribution is -0.136. The van der Waals surface area contributed by atoms with Crippen molar-refractivity contribution in [2.75, 3.05) is 13.2 Å². The fourth-order valence-electron chi connectivity index (χ4n) is 1.78. The van der Waals surface area contributed by atoms with E-state index in [9.17, 15) is 13.6 Å². The molecule has 2 unspecified atom stereocenters. The van der Waals surface area contributed by atoms with Crippen LogP contribution in [0, 0.1) is 0 Å². The number of para-hydroxylation sites is 2. The Morgan fingerprint density at radius 1 is 1.35 bits per heavy atom. The van der Waals surface area contributed by atoms with Crippen molar-refractivity contribution in [3.8, 4) is 11.5 Å². The van der Waals surface area contributed by atoms with Crippen molar-refractivity contribution in [3.63, 3.8) is 0 Å². The van der Waals surface area contributed by atoms with Gasteiger partial charge in [-0.25, -0.2) is 8.78 Å². The first-order valence-electron chi connectivity index (χ1n) is 6.12. The van der Waals surface area contributed by atoms with Crippen LogP contribution in [0.4, 0.5) is 8.78 Å². The molecule has 1 aliphatic rings. The molecule has 0 saturated heterocycles. The third-order valence-corrected chi connectivity index (χ3v) is 2.85. The third kappa shape index (κ3) is 3.16. The summed E-state index contributed by atoms with van der Waals surface area (Å²) in [7, 11) is 0. The monoisotopic (exact) mass is 287 g/mol. The Kier molecular flexibility index (Phi) is 4.08. The molecule has 0 saturated carbocycles. The van der Waals surface area contributed by atoms with Gasteiger partial charge in [0.1, 0.15) is 12.7 Å². The Labute approximate surface area is 114 Å². The molecule has 0 spiro atoms. The highest BCUT2D eigenvalue weighted by molar-refractivity contribution is 5.82. The highest BCUT2D eigenvalue weighted by Crippen LogP contribution is 2.33. The summed E-state index contributed by atoms with van der Waals surface area (Å²) in [4.78, 5) is 11.8. The highest BCUT2D eigenvalue weighted by Gasteiger charge is 2.36. The van der Waals surface area contributed by atoms with Gasteiger partial charge in [-0.15, -0.1) is 0 Å². The molecule has 0 radical (unpaired) electrons. The van der Waals surface area contributed by atoms with E-state index in [0.29, 0.717) is 11.5 Å². The number of halogens is 2. The molecule has 1 heterocycles. The van der Waals surface area contributed by atoms with Crippen LogP contribution in [-0.4, -0.2) is 42.3 Å². The van der Waals surface area contributed by atoms with Crippen LogP contribution < -0.4 is 14.8 Å². The van der Waals surface area contributed by atoms with Gasteiger partial charge in [-0.1, -0.05) is 12.1 Å². The maximum Gasteiger partial charge on any atom is 0.287 e. The minimum Gasteiger partial charge on any atom is -0.482 e. The fourth-order valence-corrected chi connectivity index (χ4v) is 1.78. The van der Waals surface area contributed by atoms with Crippen LogP contribution in [0.1, 0.15) is 6.92 Å². The Bertz CT molecular complexity index is 495. The van der Waals surface area contributed by atoms with Crippen molar-refractivity contribution >= 4 is 5.91 Å². The number of benzene rings is 1. The highest BCUT2D eigenvalue weighted by atomic mass is 19.3. The molecule has 7 heteroatoms. The zero-order chi connectivity index (χ0) is 14.8. The summed E-state index contributed by atoms with van der Waals surface area (Å²) >= 11 is 0. The topological polar surface area (TPSA) is 67.8 Å². The first-order valence-corrected chi connectivity index (χ1v) is 6.12. The van der Waals surface area contributed by atoms with E-state index in [-0.39, 0.29) is 0 Å². The van der Waals surface area contributed by atoms with Gasteiger partial charge in [-0.05, 0) is 19.1 Å². The van der Waals surface area contributed by atoms with Gasteiger partial charge >= 0.3 is 0 Å². The molecule has 0 aromatic heterocycles. The van der Waals surface area contributed by atoms with Crippen LogP contribution in [-0.2, 0) is 4.79 Å². The number of hydrogen-bond donors (Lipinski definition) is 2. The van der Waals surface area contributed by atoms with E-state index < -0.39 is 37.2 Å². The molecular weight excluding hydrogens is 272 g/mol. The van der Waals surface area contributed by atoms with Crippen LogP contribution in [0.2, 0.25) is 0 Å². The third-order valence-electron chi connectivity index (χ3n) is 2.85. The van der Waals surface area contributed by atoms with Crippen molar-refractivity contribution in [1.82, 2.24) is 5.32 Å². The van der Waals surface area contributed by atoms with Crippen LogP contribution in [0.25, 0.3) is 0 Å². The quantitative estimate of drug-likeness (QED) is 0.865. The maximum absolute atomic E-state index is 12.9. The normalized spacial score (nSPS) is 21.4. The predicted molar refractivity (Wildman–Crippen MR) is 66.0 cm³/mol. The first-order chi connectivity index (χ1) is 9.43. The largest absolute Gasteiger partial charge is 0.482 e. The van der Waals surface area contributed by atoms with Crippen molar-refractivity contribution in [1.29, 1.82) is 0 Å². The number of ether oxygens (including phenoxy) is 2. The van der Waals surface area contributed by atoms with Gasteiger partial charge in [0.25, 0.3) is 11.8 Å². The molecule has 1 aromatic carbocycles. The number of hydrogen-bond acceptors (Lipinski definition) is 4. The van der Waals surface area contributed by atoms with Crippen LogP contribution in [0.3, 0.4) is 0 Å². The predicted octanol–water partition coefficient (Wildman–Crippen LogP) is 0.959. The molecule has 1 amide bonds. The number of carbonyl (C=O) groups excluding carboxylic acids is 1. The van der Waals surface area contributed by atoms with Gasteiger partial charge in [0.15, 0.2) is 11.5 Å². The lowest BCUT2D eigenvalue weighted by Gasteiger charge is -2.31. The Balaban J connectivity index is 2.01. The van der Waals surface area contributed by atoms with Gasteiger partial charge in [-0.2, -0.15) is 0 Å². The molecule has 2 N–H and O–H groups in total. The summed E-state index contributed by atoms with van der Waals surface area (Å²) < 4.78 is 36.7. The maximum atomic E-state index is 12.9. The minimum atomic E-state index is -3.35. The first kappa shape index (κ1) is 14.5. The van der Waals surface area contributed by atoms with Gasteiger partial charge in [0.05, 0.1) is 6.54 Å². The molecule has 5 nitrogen and oxygen atoms in total. The fraction of sp³-hybridized carbons (Fsp3) is 0.462. The molecule has 1 aromatic rings. The van der Waals surface area contributed by atoms with E-state index in [1.54, 1.807) is 31.2 Å².